The number of nitrogens with zero attached hydrogens (tertiary/aromatic N) is 3. The second-order valence-corrected chi connectivity index (χ2v) is 10.3. The number of para-hydroxylation sites is 1. The summed E-state index contributed by atoms with van der Waals surface area (Å²) in [6.45, 7) is 2.10. The third kappa shape index (κ3) is 3.50. The molecule has 5 heteroatoms. The van der Waals surface area contributed by atoms with E-state index in [1.807, 2.05) is 30.3 Å². The van der Waals surface area contributed by atoms with Crippen molar-refractivity contribution in [1.29, 1.82) is 0 Å². The van der Waals surface area contributed by atoms with E-state index in [9.17, 15) is 0 Å². The predicted octanol–water partition coefficient (Wildman–Crippen LogP) is 8.51. The molecular weight excluding hydrogens is 482 g/mol. The Bertz CT molecular complexity index is 1960. The summed E-state index contributed by atoms with van der Waals surface area (Å²) >= 11 is 0. The van der Waals surface area contributed by atoms with Crippen LogP contribution < -0.4 is 0 Å². The summed E-state index contributed by atoms with van der Waals surface area (Å²) in [5, 5.41) is 2.19. The highest BCUT2D eigenvalue weighted by atomic mass is 16.3. The molecule has 188 valence electrons. The van der Waals surface area contributed by atoms with Crippen LogP contribution in [0.15, 0.2) is 87.7 Å². The van der Waals surface area contributed by atoms with Crippen LogP contribution in [0.3, 0.4) is 0 Å². The van der Waals surface area contributed by atoms with Crippen LogP contribution in [0, 0.1) is 6.92 Å². The SMILES string of the molecule is Cc1ccc(-c2nc(-c3ccccc3)nc(C3CC=Cc4oc5ccccc5c43)n2)c2c3c(oc12)CCC=C3. The summed E-state index contributed by atoms with van der Waals surface area (Å²) in [6.07, 6.45) is 11.3. The zero-order valence-corrected chi connectivity index (χ0v) is 21.5. The molecule has 3 aromatic heterocycles. The van der Waals surface area contributed by atoms with E-state index in [-0.39, 0.29) is 5.92 Å². The van der Waals surface area contributed by atoms with Crippen molar-refractivity contribution in [1.82, 2.24) is 15.0 Å². The minimum absolute atomic E-state index is 0.0445. The standard InChI is InChI=1S/C34H25N3O2/c1-20-18-19-25(30-23-13-6-8-16-27(23)39-31(20)30)34-36-32(21-10-3-2-4-11-21)35-33(37-34)24-14-9-17-28-29(24)22-12-5-7-15-26(22)38-28/h2-7,9-13,15,17-19,24H,8,14,16H2,1H3. The molecule has 5 nitrogen and oxygen atoms in total. The van der Waals surface area contributed by atoms with Gasteiger partial charge in [0.2, 0.25) is 0 Å². The fraction of sp³-hybridized carbons (Fsp3) is 0.147. The summed E-state index contributed by atoms with van der Waals surface area (Å²) < 4.78 is 12.6. The van der Waals surface area contributed by atoms with Gasteiger partial charge in [-0.1, -0.05) is 78.9 Å². The first kappa shape index (κ1) is 22.2. The quantitative estimate of drug-likeness (QED) is 0.240. The Balaban J connectivity index is 1.39. The highest BCUT2D eigenvalue weighted by Gasteiger charge is 2.29. The van der Waals surface area contributed by atoms with Crippen molar-refractivity contribution >= 4 is 34.1 Å². The summed E-state index contributed by atoms with van der Waals surface area (Å²) in [4.78, 5) is 15.3. The first-order valence-electron chi connectivity index (χ1n) is 13.5. The molecule has 6 aromatic rings. The maximum atomic E-state index is 6.39. The van der Waals surface area contributed by atoms with Gasteiger partial charge < -0.3 is 8.83 Å². The van der Waals surface area contributed by atoms with E-state index in [0.29, 0.717) is 11.6 Å². The highest BCUT2D eigenvalue weighted by Crippen LogP contribution is 2.42. The van der Waals surface area contributed by atoms with Crippen LogP contribution in [-0.2, 0) is 6.42 Å². The number of furan rings is 2. The number of hydrogen-bond acceptors (Lipinski definition) is 5. The minimum atomic E-state index is -0.0445. The molecule has 2 aliphatic carbocycles. The third-order valence-corrected chi connectivity index (χ3v) is 7.86. The molecule has 0 saturated carbocycles. The number of aromatic nitrogens is 3. The van der Waals surface area contributed by atoms with Gasteiger partial charge in [0.15, 0.2) is 11.6 Å². The van der Waals surface area contributed by atoms with Gasteiger partial charge in [-0.15, -0.1) is 0 Å². The van der Waals surface area contributed by atoms with E-state index in [1.165, 1.54) is 0 Å². The lowest BCUT2D eigenvalue weighted by molar-refractivity contribution is 0.544. The average molecular weight is 508 g/mol. The molecule has 0 aliphatic heterocycles. The molecule has 1 atom stereocenters. The van der Waals surface area contributed by atoms with Crippen LogP contribution in [0.1, 0.15) is 52.8 Å². The van der Waals surface area contributed by atoms with E-state index in [1.54, 1.807) is 0 Å². The number of hydrogen-bond donors (Lipinski definition) is 0. The number of fused-ring (bicyclic) bond motifs is 6. The largest absolute Gasteiger partial charge is 0.460 e. The predicted molar refractivity (Wildman–Crippen MR) is 154 cm³/mol. The molecule has 39 heavy (non-hydrogen) atoms. The average Bonchev–Trinajstić information content (AvgIpc) is 3.57. The molecule has 0 bridgehead atoms. The number of rotatable bonds is 3. The molecule has 8 rings (SSSR count). The summed E-state index contributed by atoms with van der Waals surface area (Å²) in [5.74, 6) is 3.95. The van der Waals surface area contributed by atoms with Crippen molar-refractivity contribution in [3.05, 3.63) is 113 Å². The van der Waals surface area contributed by atoms with Crippen molar-refractivity contribution in [2.24, 2.45) is 0 Å². The van der Waals surface area contributed by atoms with Gasteiger partial charge in [-0.05, 0) is 37.5 Å². The normalized spacial score (nSPS) is 16.1. The van der Waals surface area contributed by atoms with Gasteiger partial charge in [0.25, 0.3) is 0 Å². The van der Waals surface area contributed by atoms with Gasteiger partial charge in [0, 0.05) is 39.4 Å². The monoisotopic (exact) mass is 507 g/mol. The number of allylic oxidation sites excluding steroid dienone is 2. The topological polar surface area (TPSA) is 65.0 Å². The molecule has 1 unspecified atom stereocenters. The van der Waals surface area contributed by atoms with Crippen LogP contribution >= 0.6 is 0 Å². The molecule has 0 N–H and O–H groups in total. The molecule has 3 heterocycles. The van der Waals surface area contributed by atoms with Crippen molar-refractivity contribution in [2.75, 3.05) is 0 Å². The second kappa shape index (κ2) is 8.63. The first-order chi connectivity index (χ1) is 19.2. The lowest BCUT2D eigenvalue weighted by Gasteiger charge is -2.19. The molecule has 0 amide bonds. The molecular formula is C34H25N3O2. The number of benzene rings is 3. The smallest absolute Gasteiger partial charge is 0.164 e. The zero-order valence-electron chi connectivity index (χ0n) is 21.5. The summed E-state index contributed by atoms with van der Waals surface area (Å²) in [7, 11) is 0. The molecule has 2 aliphatic rings. The first-order valence-corrected chi connectivity index (χ1v) is 13.5. The van der Waals surface area contributed by atoms with Crippen molar-refractivity contribution in [3.8, 4) is 22.8 Å². The Labute approximate surface area is 225 Å². The Kier molecular flexibility index (Phi) is 4.92. The maximum Gasteiger partial charge on any atom is 0.164 e. The molecule has 0 fully saturated rings. The fourth-order valence-electron chi connectivity index (χ4n) is 5.98. The minimum Gasteiger partial charge on any atom is -0.460 e. The lowest BCUT2D eigenvalue weighted by atomic mass is 9.88. The van der Waals surface area contributed by atoms with E-state index >= 15 is 0 Å². The Morgan fingerprint density at radius 3 is 2.56 bits per heavy atom. The third-order valence-electron chi connectivity index (χ3n) is 7.86. The van der Waals surface area contributed by atoms with Gasteiger partial charge in [-0.25, -0.2) is 15.0 Å². The van der Waals surface area contributed by atoms with Gasteiger partial charge >= 0.3 is 0 Å². The second-order valence-electron chi connectivity index (χ2n) is 10.3. The maximum absolute atomic E-state index is 6.39. The van der Waals surface area contributed by atoms with E-state index in [4.69, 9.17) is 23.8 Å². The van der Waals surface area contributed by atoms with Crippen LogP contribution in [0.5, 0.6) is 0 Å². The Hall–Kier alpha value is -4.77. The van der Waals surface area contributed by atoms with Gasteiger partial charge in [0.05, 0.1) is 5.92 Å². The van der Waals surface area contributed by atoms with Crippen LogP contribution in [0.25, 0.3) is 56.9 Å². The lowest BCUT2D eigenvalue weighted by Crippen LogP contribution is -2.11. The van der Waals surface area contributed by atoms with Crippen LogP contribution in [-0.4, -0.2) is 15.0 Å². The van der Waals surface area contributed by atoms with Crippen LogP contribution in [0.4, 0.5) is 0 Å². The van der Waals surface area contributed by atoms with Crippen molar-refractivity contribution < 1.29 is 8.83 Å². The van der Waals surface area contributed by atoms with E-state index in [2.05, 4.69) is 67.6 Å². The van der Waals surface area contributed by atoms with E-state index < -0.39 is 0 Å². The zero-order chi connectivity index (χ0) is 25.9. The van der Waals surface area contributed by atoms with Gasteiger partial charge in [0.1, 0.15) is 28.5 Å². The fourth-order valence-corrected chi connectivity index (χ4v) is 5.98. The molecule has 0 saturated heterocycles. The van der Waals surface area contributed by atoms with Crippen LogP contribution in [0.2, 0.25) is 0 Å². The molecule has 0 radical (unpaired) electrons. The molecule has 0 spiro atoms. The van der Waals surface area contributed by atoms with Crippen molar-refractivity contribution in [2.45, 2.75) is 32.1 Å². The summed E-state index contributed by atoms with van der Waals surface area (Å²) in [6, 6.07) is 22.6. The Morgan fingerprint density at radius 2 is 1.64 bits per heavy atom. The van der Waals surface area contributed by atoms with E-state index in [0.717, 1.165) is 86.4 Å². The molecule has 3 aromatic carbocycles. The summed E-state index contributed by atoms with van der Waals surface area (Å²) in [5.41, 5.74) is 7.12. The van der Waals surface area contributed by atoms with Gasteiger partial charge in [-0.3, -0.25) is 0 Å². The highest BCUT2D eigenvalue weighted by molar-refractivity contribution is 6.01. The Morgan fingerprint density at radius 1 is 0.795 bits per heavy atom. The number of aryl methyl sites for hydroxylation is 2. The van der Waals surface area contributed by atoms with Crippen molar-refractivity contribution in [3.63, 3.8) is 0 Å². The van der Waals surface area contributed by atoms with Gasteiger partial charge in [-0.2, -0.15) is 0 Å².